The van der Waals surface area contributed by atoms with Gasteiger partial charge in [0.15, 0.2) is 5.96 Å². The Balaban J connectivity index is 2.18. The molecular formula is C15H29N5. The van der Waals surface area contributed by atoms with E-state index in [2.05, 4.69) is 41.5 Å². The van der Waals surface area contributed by atoms with Crippen LogP contribution in [0.3, 0.4) is 0 Å². The van der Waals surface area contributed by atoms with Crippen molar-refractivity contribution in [2.24, 2.45) is 10.9 Å². The third kappa shape index (κ3) is 7.16. The van der Waals surface area contributed by atoms with Crippen molar-refractivity contribution in [1.82, 2.24) is 20.4 Å². The molecule has 5 nitrogen and oxygen atoms in total. The fourth-order valence-electron chi connectivity index (χ4n) is 2.05. The molecule has 1 rings (SSSR count). The Morgan fingerprint density at radius 2 is 2.10 bits per heavy atom. The van der Waals surface area contributed by atoms with E-state index in [1.54, 1.807) is 6.20 Å². The SMILES string of the molecule is CN=C(NCCn1cccn1)NC(C)CCCC(C)C. The van der Waals surface area contributed by atoms with Gasteiger partial charge in [-0.3, -0.25) is 9.67 Å². The maximum Gasteiger partial charge on any atom is 0.191 e. The van der Waals surface area contributed by atoms with Gasteiger partial charge >= 0.3 is 0 Å². The Labute approximate surface area is 122 Å². The van der Waals surface area contributed by atoms with Crippen molar-refractivity contribution in [2.45, 2.75) is 52.6 Å². The zero-order valence-electron chi connectivity index (χ0n) is 13.3. The molecule has 0 radical (unpaired) electrons. The third-order valence-corrected chi connectivity index (χ3v) is 3.22. The quantitative estimate of drug-likeness (QED) is 0.567. The molecule has 0 fully saturated rings. The first kappa shape index (κ1) is 16.5. The summed E-state index contributed by atoms with van der Waals surface area (Å²) in [6, 6.07) is 2.38. The number of aromatic nitrogens is 2. The van der Waals surface area contributed by atoms with Gasteiger partial charge in [-0.15, -0.1) is 0 Å². The van der Waals surface area contributed by atoms with Gasteiger partial charge in [-0.1, -0.05) is 26.7 Å². The van der Waals surface area contributed by atoms with Gasteiger partial charge in [-0.05, 0) is 25.3 Å². The van der Waals surface area contributed by atoms with Crippen LogP contribution in [0.4, 0.5) is 0 Å². The van der Waals surface area contributed by atoms with Crippen molar-refractivity contribution in [3.63, 3.8) is 0 Å². The van der Waals surface area contributed by atoms with Crippen LogP contribution in [-0.2, 0) is 6.54 Å². The van der Waals surface area contributed by atoms with Crippen LogP contribution in [0.25, 0.3) is 0 Å². The molecule has 2 N–H and O–H groups in total. The molecule has 0 amide bonds. The smallest absolute Gasteiger partial charge is 0.191 e. The fraction of sp³-hybridized carbons (Fsp3) is 0.733. The lowest BCUT2D eigenvalue weighted by atomic mass is 10.0. The molecule has 0 spiro atoms. The van der Waals surface area contributed by atoms with Gasteiger partial charge in [-0.2, -0.15) is 5.10 Å². The Hall–Kier alpha value is -1.52. The van der Waals surface area contributed by atoms with Crippen molar-refractivity contribution in [3.05, 3.63) is 18.5 Å². The van der Waals surface area contributed by atoms with Crippen LogP contribution in [0.15, 0.2) is 23.5 Å². The number of guanidine groups is 1. The van der Waals surface area contributed by atoms with E-state index in [0.29, 0.717) is 6.04 Å². The number of hydrogen-bond acceptors (Lipinski definition) is 2. The average Bonchev–Trinajstić information content (AvgIpc) is 2.90. The predicted molar refractivity (Wildman–Crippen MR) is 84.9 cm³/mol. The van der Waals surface area contributed by atoms with Crippen molar-refractivity contribution in [1.29, 1.82) is 0 Å². The highest BCUT2D eigenvalue weighted by atomic mass is 15.3. The normalized spacial score (nSPS) is 13.6. The minimum absolute atomic E-state index is 0.449. The number of hydrogen-bond donors (Lipinski definition) is 2. The molecule has 1 atom stereocenters. The molecule has 0 aliphatic carbocycles. The zero-order chi connectivity index (χ0) is 14.8. The molecule has 1 aromatic rings. The van der Waals surface area contributed by atoms with E-state index in [0.717, 1.165) is 25.0 Å². The van der Waals surface area contributed by atoms with Crippen LogP contribution >= 0.6 is 0 Å². The first-order chi connectivity index (χ1) is 9.61. The predicted octanol–water partition coefficient (Wildman–Crippen LogP) is 2.26. The van der Waals surface area contributed by atoms with Gasteiger partial charge < -0.3 is 10.6 Å². The van der Waals surface area contributed by atoms with Gasteiger partial charge in [0, 0.05) is 32.0 Å². The van der Waals surface area contributed by atoms with Crippen LogP contribution in [0.1, 0.15) is 40.0 Å². The molecule has 0 bridgehead atoms. The summed E-state index contributed by atoms with van der Waals surface area (Å²) in [5, 5.41) is 10.9. The Kier molecular flexibility index (Phi) is 7.77. The Morgan fingerprint density at radius 3 is 2.70 bits per heavy atom. The summed E-state index contributed by atoms with van der Waals surface area (Å²) in [6.07, 6.45) is 7.49. The van der Waals surface area contributed by atoms with Crippen molar-refractivity contribution in [2.75, 3.05) is 13.6 Å². The van der Waals surface area contributed by atoms with E-state index < -0.39 is 0 Å². The molecule has 0 aliphatic rings. The largest absolute Gasteiger partial charge is 0.355 e. The lowest BCUT2D eigenvalue weighted by Crippen LogP contribution is -2.43. The maximum atomic E-state index is 4.25. The van der Waals surface area contributed by atoms with Crippen LogP contribution < -0.4 is 10.6 Å². The summed E-state index contributed by atoms with van der Waals surface area (Å²) in [6.45, 7) is 8.41. The minimum Gasteiger partial charge on any atom is -0.355 e. The molecule has 0 aromatic carbocycles. The van der Waals surface area contributed by atoms with Crippen molar-refractivity contribution >= 4 is 5.96 Å². The molecular weight excluding hydrogens is 250 g/mol. The Morgan fingerprint density at radius 1 is 1.30 bits per heavy atom. The summed E-state index contributed by atoms with van der Waals surface area (Å²) < 4.78 is 1.91. The van der Waals surface area contributed by atoms with Gasteiger partial charge in [0.1, 0.15) is 0 Å². The molecule has 0 aliphatic heterocycles. The second kappa shape index (κ2) is 9.39. The highest BCUT2D eigenvalue weighted by Gasteiger charge is 2.05. The standard InChI is InChI=1S/C15H29N5/c1-13(2)7-5-8-14(3)19-15(16-4)17-10-12-20-11-6-9-18-20/h6,9,11,13-14H,5,7-8,10,12H2,1-4H3,(H2,16,17,19). The van der Waals surface area contributed by atoms with E-state index in [1.165, 1.54) is 19.3 Å². The second-order valence-electron chi connectivity index (χ2n) is 5.64. The van der Waals surface area contributed by atoms with Crippen LogP contribution in [0.2, 0.25) is 0 Å². The van der Waals surface area contributed by atoms with Crippen molar-refractivity contribution < 1.29 is 0 Å². The molecule has 20 heavy (non-hydrogen) atoms. The summed E-state index contributed by atoms with van der Waals surface area (Å²) in [4.78, 5) is 4.25. The third-order valence-electron chi connectivity index (χ3n) is 3.22. The van der Waals surface area contributed by atoms with Gasteiger partial charge in [0.25, 0.3) is 0 Å². The van der Waals surface area contributed by atoms with E-state index in [9.17, 15) is 0 Å². The first-order valence-corrected chi connectivity index (χ1v) is 7.56. The van der Waals surface area contributed by atoms with Gasteiger partial charge in [0.2, 0.25) is 0 Å². The molecule has 0 saturated carbocycles. The van der Waals surface area contributed by atoms with E-state index >= 15 is 0 Å². The Bertz CT molecular complexity index is 370. The second-order valence-corrected chi connectivity index (χ2v) is 5.64. The van der Waals surface area contributed by atoms with E-state index in [4.69, 9.17) is 0 Å². The summed E-state index contributed by atoms with van der Waals surface area (Å²) in [5.41, 5.74) is 0. The lowest BCUT2D eigenvalue weighted by molar-refractivity contribution is 0.490. The highest BCUT2D eigenvalue weighted by molar-refractivity contribution is 5.79. The molecule has 1 heterocycles. The molecule has 1 unspecified atom stereocenters. The molecule has 0 saturated heterocycles. The number of rotatable bonds is 8. The zero-order valence-corrected chi connectivity index (χ0v) is 13.3. The fourth-order valence-corrected chi connectivity index (χ4v) is 2.05. The number of nitrogens with zero attached hydrogens (tertiary/aromatic N) is 3. The highest BCUT2D eigenvalue weighted by Crippen LogP contribution is 2.07. The molecule has 114 valence electrons. The minimum atomic E-state index is 0.449. The topological polar surface area (TPSA) is 54.2 Å². The number of aliphatic imine (C=N–C) groups is 1. The van der Waals surface area contributed by atoms with Crippen molar-refractivity contribution in [3.8, 4) is 0 Å². The van der Waals surface area contributed by atoms with Crippen LogP contribution in [-0.4, -0.2) is 35.4 Å². The molecule has 5 heteroatoms. The number of nitrogens with one attached hydrogen (secondary N) is 2. The monoisotopic (exact) mass is 279 g/mol. The first-order valence-electron chi connectivity index (χ1n) is 7.56. The summed E-state index contributed by atoms with van der Waals surface area (Å²) in [7, 11) is 1.81. The van der Waals surface area contributed by atoms with Crippen LogP contribution in [0.5, 0.6) is 0 Å². The summed E-state index contributed by atoms with van der Waals surface area (Å²) >= 11 is 0. The average molecular weight is 279 g/mol. The molecule has 1 aromatic heterocycles. The summed E-state index contributed by atoms with van der Waals surface area (Å²) in [5.74, 6) is 1.66. The van der Waals surface area contributed by atoms with E-state index in [1.807, 2.05) is 24.0 Å². The van der Waals surface area contributed by atoms with Gasteiger partial charge in [-0.25, -0.2) is 0 Å². The lowest BCUT2D eigenvalue weighted by Gasteiger charge is -2.18. The van der Waals surface area contributed by atoms with E-state index in [-0.39, 0.29) is 0 Å². The van der Waals surface area contributed by atoms with Gasteiger partial charge in [0.05, 0.1) is 6.54 Å². The van der Waals surface area contributed by atoms with Crippen LogP contribution in [0, 0.1) is 5.92 Å². The maximum absolute atomic E-state index is 4.25.